The molecule has 0 unspecified atom stereocenters. The van der Waals surface area contributed by atoms with Gasteiger partial charge in [0.1, 0.15) is 0 Å². The highest BCUT2D eigenvalue weighted by Gasteiger charge is 2.03. The molecule has 0 aliphatic heterocycles. The lowest BCUT2D eigenvalue weighted by atomic mass is 10.1. The van der Waals surface area contributed by atoms with Gasteiger partial charge < -0.3 is 10.7 Å². The molecule has 0 bridgehead atoms. The SMILES string of the molecule is Nc1ccccc1Cc1cc2ccccc2[nH]1. The average molecular weight is 222 g/mol. The molecule has 1 aromatic heterocycles. The van der Waals surface area contributed by atoms with Crippen molar-refractivity contribution in [1.82, 2.24) is 4.98 Å². The van der Waals surface area contributed by atoms with Crippen LogP contribution in [-0.2, 0) is 6.42 Å². The van der Waals surface area contributed by atoms with E-state index >= 15 is 0 Å². The molecule has 2 nitrogen and oxygen atoms in total. The highest BCUT2D eigenvalue weighted by Crippen LogP contribution is 2.19. The van der Waals surface area contributed by atoms with Crippen molar-refractivity contribution in [1.29, 1.82) is 0 Å². The van der Waals surface area contributed by atoms with Crippen molar-refractivity contribution < 1.29 is 0 Å². The van der Waals surface area contributed by atoms with Gasteiger partial charge in [-0.25, -0.2) is 0 Å². The maximum Gasteiger partial charge on any atom is 0.0456 e. The molecule has 3 N–H and O–H groups in total. The Morgan fingerprint density at radius 1 is 0.941 bits per heavy atom. The fourth-order valence-corrected chi connectivity index (χ4v) is 2.13. The highest BCUT2D eigenvalue weighted by molar-refractivity contribution is 5.80. The zero-order valence-corrected chi connectivity index (χ0v) is 9.48. The lowest BCUT2D eigenvalue weighted by Gasteiger charge is -2.02. The van der Waals surface area contributed by atoms with Crippen molar-refractivity contribution in [2.75, 3.05) is 5.73 Å². The molecule has 0 amide bonds. The lowest BCUT2D eigenvalue weighted by molar-refractivity contribution is 1.12. The van der Waals surface area contributed by atoms with Crippen LogP contribution in [0.1, 0.15) is 11.3 Å². The second-order valence-corrected chi connectivity index (χ2v) is 4.26. The minimum absolute atomic E-state index is 0.849. The second kappa shape index (κ2) is 3.98. The fourth-order valence-electron chi connectivity index (χ4n) is 2.13. The Balaban J connectivity index is 1.98. The van der Waals surface area contributed by atoms with Crippen molar-refractivity contribution in [3.05, 3.63) is 65.9 Å². The Morgan fingerprint density at radius 3 is 2.53 bits per heavy atom. The summed E-state index contributed by atoms with van der Waals surface area (Å²) in [5.74, 6) is 0. The molecule has 0 saturated heterocycles. The van der Waals surface area contributed by atoms with Crippen LogP contribution in [0.25, 0.3) is 10.9 Å². The van der Waals surface area contributed by atoms with Crippen LogP contribution >= 0.6 is 0 Å². The van der Waals surface area contributed by atoms with Crippen LogP contribution in [-0.4, -0.2) is 4.98 Å². The number of benzene rings is 2. The van der Waals surface area contributed by atoms with Gasteiger partial charge in [-0.3, -0.25) is 0 Å². The van der Waals surface area contributed by atoms with Gasteiger partial charge in [0.15, 0.2) is 0 Å². The first-order chi connectivity index (χ1) is 8.33. The monoisotopic (exact) mass is 222 g/mol. The summed E-state index contributed by atoms with van der Waals surface area (Å²) in [6, 6.07) is 18.5. The van der Waals surface area contributed by atoms with Gasteiger partial charge in [0.25, 0.3) is 0 Å². The molecule has 1 heterocycles. The third kappa shape index (κ3) is 1.89. The van der Waals surface area contributed by atoms with E-state index in [0.717, 1.165) is 12.1 Å². The van der Waals surface area contributed by atoms with Crippen LogP contribution in [0, 0.1) is 0 Å². The van der Waals surface area contributed by atoms with Crippen LogP contribution in [0.4, 0.5) is 5.69 Å². The van der Waals surface area contributed by atoms with E-state index in [9.17, 15) is 0 Å². The van der Waals surface area contributed by atoms with Crippen LogP contribution in [0.15, 0.2) is 54.6 Å². The Morgan fingerprint density at radius 2 is 1.71 bits per heavy atom. The number of hydrogen-bond donors (Lipinski definition) is 2. The molecular formula is C15H14N2. The van der Waals surface area contributed by atoms with E-state index in [4.69, 9.17) is 5.73 Å². The Labute approximate surface area is 100 Å². The summed E-state index contributed by atoms with van der Waals surface area (Å²) >= 11 is 0. The molecule has 0 fully saturated rings. The second-order valence-electron chi connectivity index (χ2n) is 4.26. The molecule has 0 radical (unpaired) electrons. The number of H-pyrrole nitrogens is 1. The molecule has 0 aliphatic rings. The van der Waals surface area contributed by atoms with Crippen molar-refractivity contribution in [3.63, 3.8) is 0 Å². The predicted octanol–water partition coefficient (Wildman–Crippen LogP) is 3.34. The van der Waals surface area contributed by atoms with Crippen LogP contribution in [0.2, 0.25) is 0 Å². The summed E-state index contributed by atoms with van der Waals surface area (Å²) < 4.78 is 0. The van der Waals surface area contributed by atoms with E-state index in [0.29, 0.717) is 0 Å². The van der Waals surface area contributed by atoms with E-state index in [1.54, 1.807) is 0 Å². The van der Waals surface area contributed by atoms with Crippen LogP contribution in [0.3, 0.4) is 0 Å². The van der Waals surface area contributed by atoms with Gasteiger partial charge in [0.2, 0.25) is 0 Å². The molecule has 84 valence electrons. The number of aromatic nitrogens is 1. The first-order valence-electron chi connectivity index (χ1n) is 5.73. The Kier molecular flexibility index (Phi) is 2.33. The van der Waals surface area contributed by atoms with Gasteiger partial charge in [-0.1, -0.05) is 36.4 Å². The Bertz CT molecular complexity index is 620. The van der Waals surface area contributed by atoms with E-state index in [1.807, 2.05) is 24.3 Å². The minimum atomic E-state index is 0.849. The number of anilines is 1. The van der Waals surface area contributed by atoms with E-state index in [-0.39, 0.29) is 0 Å². The standard InChI is InChI=1S/C15H14N2/c16-14-7-3-1-5-11(14)9-13-10-12-6-2-4-8-15(12)17-13/h1-8,10,17H,9,16H2. The number of nitrogens with two attached hydrogens (primary N) is 1. The van der Waals surface area contributed by atoms with Crippen LogP contribution < -0.4 is 5.73 Å². The van der Waals surface area contributed by atoms with Gasteiger partial charge in [-0.05, 0) is 29.1 Å². The molecule has 0 saturated carbocycles. The number of nitrogen functional groups attached to an aromatic ring is 1. The molecule has 2 heteroatoms. The number of hydrogen-bond acceptors (Lipinski definition) is 1. The molecular weight excluding hydrogens is 208 g/mol. The van der Waals surface area contributed by atoms with Gasteiger partial charge in [0.05, 0.1) is 0 Å². The fraction of sp³-hybridized carbons (Fsp3) is 0.0667. The summed E-state index contributed by atoms with van der Waals surface area (Å²) in [4.78, 5) is 3.42. The topological polar surface area (TPSA) is 41.8 Å². The molecule has 3 aromatic rings. The number of rotatable bonds is 2. The van der Waals surface area contributed by atoms with Crippen molar-refractivity contribution in [2.24, 2.45) is 0 Å². The summed E-state index contributed by atoms with van der Waals surface area (Å²) in [5.41, 5.74) is 10.3. The van der Waals surface area contributed by atoms with E-state index < -0.39 is 0 Å². The van der Waals surface area contributed by atoms with Crippen molar-refractivity contribution in [2.45, 2.75) is 6.42 Å². The summed E-state index contributed by atoms with van der Waals surface area (Å²) in [7, 11) is 0. The third-order valence-corrected chi connectivity index (χ3v) is 3.02. The zero-order chi connectivity index (χ0) is 11.7. The summed E-state index contributed by atoms with van der Waals surface area (Å²) in [5, 5.41) is 1.25. The van der Waals surface area contributed by atoms with Gasteiger partial charge in [-0.2, -0.15) is 0 Å². The molecule has 17 heavy (non-hydrogen) atoms. The van der Waals surface area contributed by atoms with E-state index in [2.05, 4.69) is 35.3 Å². The van der Waals surface area contributed by atoms with Crippen molar-refractivity contribution in [3.8, 4) is 0 Å². The van der Waals surface area contributed by atoms with Crippen molar-refractivity contribution >= 4 is 16.6 Å². The first kappa shape index (κ1) is 9.97. The van der Waals surface area contributed by atoms with Gasteiger partial charge in [-0.15, -0.1) is 0 Å². The molecule has 0 aliphatic carbocycles. The van der Waals surface area contributed by atoms with Gasteiger partial charge in [0, 0.05) is 23.3 Å². The largest absolute Gasteiger partial charge is 0.398 e. The number of fused-ring (bicyclic) bond motifs is 1. The minimum Gasteiger partial charge on any atom is -0.398 e. The van der Waals surface area contributed by atoms with Crippen LogP contribution in [0.5, 0.6) is 0 Å². The first-order valence-corrected chi connectivity index (χ1v) is 5.73. The quantitative estimate of drug-likeness (QED) is 0.641. The highest BCUT2D eigenvalue weighted by atomic mass is 14.7. The predicted molar refractivity (Wildman–Crippen MR) is 72.0 cm³/mol. The molecule has 3 rings (SSSR count). The maximum atomic E-state index is 5.95. The number of nitrogens with one attached hydrogen (secondary N) is 1. The number of aromatic amines is 1. The molecule has 0 atom stereocenters. The number of para-hydroxylation sites is 2. The zero-order valence-electron chi connectivity index (χ0n) is 9.48. The Hall–Kier alpha value is -2.22. The average Bonchev–Trinajstić information content (AvgIpc) is 2.74. The molecule has 0 spiro atoms. The maximum absolute atomic E-state index is 5.95. The van der Waals surface area contributed by atoms with E-state index in [1.165, 1.54) is 22.2 Å². The third-order valence-electron chi connectivity index (χ3n) is 3.02. The lowest BCUT2D eigenvalue weighted by Crippen LogP contribution is -1.95. The summed E-state index contributed by atoms with van der Waals surface area (Å²) in [6.07, 6.45) is 0.849. The summed E-state index contributed by atoms with van der Waals surface area (Å²) in [6.45, 7) is 0. The normalized spacial score (nSPS) is 10.8. The molecule has 2 aromatic carbocycles. The smallest absolute Gasteiger partial charge is 0.0456 e. The van der Waals surface area contributed by atoms with Gasteiger partial charge >= 0.3 is 0 Å².